The Bertz CT molecular complexity index is 3520. The monoisotopic (exact) mass is 791 g/mol. The number of ether oxygens (including phenoxy) is 1. The first-order valence-electron chi connectivity index (χ1n) is 21.3. The fraction of sp³-hybridized carbons (Fsp3) is 0.0345. The van der Waals surface area contributed by atoms with Gasteiger partial charge in [-0.2, -0.15) is 0 Å². The van der Waals surface area contributed by atoms with Crippen molar-refractivity contribution < 1.29 is 4.74 Å². The second-order valence-electron chi connectivity index (χ2n) is 16.5. The van der Waals surface area contributed by atoms with Gasteiger partial charge in [0.25, 0.3) is 0 Å². The summed E-state index contributed by atoms with van der Waals surface area (Å²) in [7, 11) is 0. The number of fused-ring (bicyclic) bond motifs is 9. The largest absolute Gasteiger partial charge is 0.456 e. The molecule has 0 N–H and O–H groups in total. The van der Waals surface area contributed by atoms with Crippen LogP contribution in [0.3, 0.4) is 0 Å². The third-order valence-electron chi connectivity index (χ3n) is 13.0. The van der Waals surface area contributed by atoms with Crippen LogP contribution >= 0.6 is 0 Å². The molecule has 11 aromatic rings. The molecule has 0 radical (unpaired) electrons. The smallest absolute Gasteiger partial charge is 0.235 e. The van der Waals surface area contributed by atoms with E-state index in [0.717, 1.165) is 84.1 Å². The van der Waals surface area contributed by atoms with Crippen molar-refractivity contribution in [3.63, 3.8) is 0 Å². The first kappa shape index (κ1) is 34.8. The van der Waals surface area contributed by atoms with Gasteiger partial charge in [0.2, 0.25) is 5.95 Å². The molecule has 1 atom stereocenters. The molecule has 62 heavy (non-hydrogen) atoms. The zero-order chi connectivity index (χ0) is 40.7. The second-order valence-corrected chi connectivity index (χ2v) is 16.5. The molecule has 2 aliphatic rings. The number of aromatic nitrogens is 3. The number of benzene rings is 9. The summed E-state index contributed by atoms with van der Waals surface area (Å²) < 4.78 is 9.03. The maximum atomic E-state index is 6.79. The lowest BCUT2D eigenvalue weighted by molar-refractivity contribution is 0.487. The molecule has 13 rings (SSSR count). The Morgan fingerprint density at radius 3 is 1.84 bits per heavy atom. The van der Waals surface area contributed by atoms with E-state index < -0.39 is 0 Å². The van der Waals surface area contributed by atoms with Crippen LogP contribution in [0.1, 0.15) is 22.6 Å². The molecule has 0 amide bonds. The van der Waals surface area contributed by atoms with Crippen LogP contribution in [-0.4, -0.2) is 14.5 Å². The van der Waals surface area contributed by atoms with Crippen LogP contribution in [0.4, 0.5) is 0 Å². The molecule has 0 saturated carbocycles. The van der Waals surface area contributed by atoms with E-state index in [0.29, 0.717) is 11.9 Å². The minimum absolute atomic E-state index is 0.323. The van der Waals surface area contributed by atoms with Gasteiger partial charge in [0.05, 0.1) is 22.4 Å². The molecular formula is C58H37N3O. The number of hydrogen-bond donors (Lipinski definition) is 0. The van der Waals surface area contributed by atoms with Gasteiger partial charge in [0.15, 0.2) is 0 Å². The summed E-state index contributed by atoms with van der Waals surface area (Å²) in [5.41, 5.74) is 17.2. The van der Waals surface area contributed by atoms with Crippen molar-refractivity contribution >= 4 is 32.6 Å². The zero-order valence-corrected chi connectivity index (χ0v) is 33.7. The summed E-state index contributed by atoms with van der Waals surface area (Å²) in [5.74, 6) is 2.62. The molecule has 1 unspecified atom stereocenters. The van der Waals surface area contributed by atoms with Gasteiger partial charge in [-0.15, -0.1) is 0 Å². The summed E-state index contributed by atoms with van der Waals surface area (Å²) >= 11 is 0. The van der Waals surface area contributed by atoms with Crippen molar-refractivity contribution in [1.29, 1.82) is 0 Å². The SMILES string of the molecule is c1ccc(-c2cc(-c3ccccc3)nc(-n3c4ccc(-c5ccc6c(c5)-c5ccccc5C(c5ccccc5)C6)cc4c4c5cccc6c5c(cc43)Oc3ccccc3-6)n2)cc1. The predicted molar refractivity (Wildman–Crippen MR) is 253 cm³/mol. The second kappa shape index (κ2) is 13.7. The molecule has 0 fully saturated rings. The number of para-hydroxylation sites is 1. The minimum Gasteiger partial charge on any atom is -0.456 e. The molecule has 0 saturated heterocycles. The normalized spacial score (nSPS) is 13.7. The molecule has 4 heteroatoms. The summed E-state index contributed by atoms with van der Waals surface area (Å²) in [6, 6.07) is 73.9. The lowest BCUT2D eigenvalue weighted by Crippen LogP contribution is -2.12. The first-order chi connectivity index (χ1) is 30.7. The van der Waals surface area contributed by atoms with Crippen LogP contribution < -0.4 is 4.74 Å². The fourth-order valence-electron chi connectivity index (χ4n) is 10.1. The van der Waals surface area contributed by atoms with Crippen molar-refractivity contribution in [2.24, 2.45) is 0 Å². The van der Waals surface area contributed by atoms with Crippen molar-refractivity contribution in [2.75, 3.05) is 0 Å². The summed E-state index contributed by atoms with van der Waals surface area (Å²) in [6.07, 6.45) is 0.970. The third-order valence-corrected chi connectivity index (χ3v) is 13.0. The van der Waals surface area contributed by atoms with Gasteiger partial charge in [0, 0.05) is 44.8 Å². The fourth-order valence-corrected chi connectivity index (χ4v) is 10.1. The Balaban J connectivity index is 1.06. The lowest BCUT2D eigenvalue weighted by Gasteiger charge is -2.29. The van der Waals surface area contributed by atoms with Crippen LogP contribution in [0.2, 0.25) is 0 Å². The highest BCUT2D eigenvalue weighted by Gasteiger charge is 2.28. The lowest BCUT2D eigenvalue weighted by atomic mass is 9.75. The van der Waals surface area contributed by atoms with Gasteiger partial charge < -0.3 is 4.74 Å². The van der Waals surface area contributed by atoms with Gasteiger partial charge in [-0.3, -0.25) is 4.57 Å². The van der Waals surface area contributed by atoms with E-state index in [1.165, 1.54) is 38.9 Å². The molecule has 0 bridgehead atoms. The molecule has 3 heterocycles. The van der Waals surface area contributed by atoms with Crippen molar-refractivity contribution in [1.82, 2.24) is 14.5 Å². The van der Waals surface area contributed by atoms with Crippen LogP contribution in [0.5, 0.6) is 11.5 Å². The van der Waals surface area contributed by atoms with Crippen molar-refractivity contribution in [3.8, 4) is 73.3 Å². The van der Waals surface area contributed by atoms with E-state index in [2.05, 4.69) is 193 Å². The van der Waals surface area contributed by atoms with E-state index in [1.807, 2.05) is 18.2 Å². The van der Waals surface area contributed by atoms with Gasteiger partial charge in [-0.1, -0.05) is 170 Å². The number of hydrogen-bond acceptors (Lipinski definition) is 3. The highest BCUT2D eigenvalue weighted by atomic mass is 16.5. The Kier molecular flexibility index (Phi) is 7.70. The number of rotatable bonds is 5. The minimum atomic E-state index is 0.323. The summed E-state index contributed by atoms with van der Waals surface area (Å²) in [4.78, 5) is 10.7. The molecule has 4 nitrogen and oxygen atoms in total. The van der Waals surface area contributed by atoms with E-state index in [1.54, 1.807) is 0 Å². The van der Waals surface area contributed by atoms with E-state index in [9.17, 15) is 0 Å². The van der Waals surface area contributed by atoms with Crippen LogP contribution in [-0.2, 0) is 6.42 Å². The van der Waals surface area contributed by atoms with Crippen LogP contribution in [0.25, 0.3) is 94.4 Å². The molecule has 1 aliphatic heterocycles. The Labute approximate surface area is 359 Å². The quantitative estimate of drug-likeness (QED) is 0.174. The standard InChI is InChI=1S/C58H37N3O/c1-4-15-36(16-5-1)47-33-41-28-27-39(31-48(41)43-22-11-10-21-42(43)47)40-29-30-52-49(32-40)56-46-25-14-24-45-44-23-12-13-26-54(44)62-55(57(45)46)35-53(56)61(52)58-59-50(37-17-6-2-7-18-37)34-51(60-58)38-19-8-3-9-20-38/h1-32,34-35,47H,33H2. The Hall–Kier alpha value is -8.08. The van der Waals surface area contributed by atoms with Crippen LogP contribution in [0, 0.1) is 0 Å². The third kappa shape index (κ3) is 5.40. The Morgan fingerprint density at radius 2 is 1.06 bits per heavy atom. The van der Waals surface area contributed by atoms with Crippen LogP contribution in [0.15, 0.2) is 206 Å². The highest BCUT2D eigenvalue weighted by molar-refractivity contribution is 6.25. The molecule has 1 aliphatic carbocycles. The van der Waals surface area contributed by atoms with E-state index in [-0.39, 0.29) is 0 Å². The summed E-state index contributed by atoms with van der Waals surface area (Å²) in [6.45, 7) is 0. The average Bonchev–Trinajstić information content (AvgIpc) is 3.68. The highest BCUT2D eigenvalue weighted by Crippen LogP contribution is 2.51. The van der Waals surface area contributed by atoms with Gasteiger partial charge >= 0.3 is 0 Å². The van der Waals surface area contributed by atoms with Gasteiger partial charge in [0.1, 0.15) is 11.5 Å². The maximum absolute atomic E-state index is 6.79. The maximum Gasteiger partial charge on any atom is 0.235 e. The average molecular weight is 792 g/mol. The number of nitrogens with zero attached hydrogens (tertiary/aromatic N) is 3. The molecule has 290 valence electrons. The summed E-state index contributed by atoms with van der Waals surface area (Å²) in [5, 5.41) is 4.54. The van der Waals surface area contributed by atoms with E-state index in [4.69, 9.17) is 14.7 Å². The van der Waals surface area contributed by atoms with Crippen molar-refractivity contribution in [3.05, 3.63) is 223 Å². The molecule has 9 aromatic carbocycles. The van der Waals surface area contributed by atoms with Crippen molar-refractivity contribution in [2.45, 2.75) is 12.3 Å². The van der Waals surface area contributed by atoms with Gasteiger partial charge in [-0.25, -0.2) is 9.97 Å². The zero-order valence-electron chi connectivity index (χ0n) is 33.7. The molecular weight excluding hydrogens is 755 g/mol. The molecule has 2 aromatic heterocycles. The molecule has 0 spiro atoms. The Morgan fingerprint density at radius 1 is 0.419 bits per heavy atom. The predicted octanol–water partition coefficient (Wildman–Crippen LogP) is 14.9. The first-order valence-corrected chi connectivity index (χ1v) is 21.3. The topological polar surface area (TPSA) is 39.9 Å². The van der Waals surface area contributed by atoms with E-state index >= 15 is 0 Å². The van der Waals surface area contributed by atoms with Gasteiger partial charge in [-0.05, 0) is 86.6 Å².